The minimum atomic E-state index is -1.26. The number of piperidine rings is 1. The van der Waals surface area contributed by atoms with Crippen LogP contribution in [0, 0.1) is 11.8 Å². The fraction of sp³-hybridized carbons (Fsp3) is 0.276. The predicted octanol–water partition coefficient (Wildman–Crippen LogP) is 4.87. The van der Waals surface area contributed by atoms with Crippen LogP contribution in [0.15, 0.2) is 105 Å². The Morgan fingerprint density at radius 2 is 1.61 bits per heavy atom. The second-order valence-electron chi connectivity index (χ2n) is 20.4. The van der Waals surface area contributed by atoms with Gasteiger partial charge in [-0.05, 0) is 121 Å². The molecule has 0 spiro atoms. The average molecular weight is 1180 g/mol. The number of nitrogens with zero attached hydrogens (tertiary/aromatic N) is 5. The number of rotatable bonds is 16. The molecule has 85 heavy (non-hydrogen) atoms. The van der Waals surface area contributed by atoms with Crippen molar-refractivity contribution < 1.29 is 48.2 Å². The van der Waals surface area contributed by atoms with Crippen LogP contribution in [0.25, 0.3) is 33.4 Å². The lowest BCUT2D eigenvalue weighted by Gasteiger charge is -2.31. The molecule has 5 aromatic rings. The third-order valence-electron chi connectivity index (χ3n) is 14.7. The molecule has 26 nitrogen and oxygen atoms in total. The molecule has 1 saturated heterocycles. The molecule has 9 rings (SSSR count). The van der Waals surface area contributed by atoms with Gasteiger partial charge in [0, 0.05) is 89.1 Å². The van der Waals surface area contributed by atoms with E-state index in [1.807, 2.05) is 11.8 Å². The van der Waals surface area contributed by atoms with E-state index < -0.39 is 66.0 Å². The number of anilines is 6. The van der Waals surface area contributed by atoms with Crippen molar-refractivity contribution in [1.82, 2.24) is 30.9 Å². The van der Waals surface area contributed by atoms with Gasteiger partial charge in [0.1, 0.15) is 29.2 Å². The maximum absolute atomic E-state index is 14.3. The Balaban J connectivity index is 0.849. The second kappa shape index (κ2) is 25.8. The topological polar surface area (TPSA) is 407 Å². The number of amides is 6. The number of carboxylic acid groups (broad SMARTS) is 1. The molecular weight excluding hydrogens is 1120 g/mol. The van der Waals surface area contributed by atoms with Crippen molar-refractivity contribution in [3.05, 3.63) is 129 Å². The lowest BCUT2D eigenvalue weighted by atomic mass is 9.90. The fourth-order valence-electron chi connectivity index (χ4n) is 10.0. The monoisotopic (exact) mass is 1180 g/mol. The number of aromatic carboxylic acids is 1. The number of carboxylic acids is 1. The number of phenolic OH excluding ortho intramolecular Hbond substituents is 1. The van der Waals surface area contributed by atoms with Gasteiger partial charge in [0.25, 0.3) is 5.91 Å². The molecule has 1 aromatic heterocycles. The molecule has 0 radical (unpaired) electrons. The van der Waals surface area contributed by atoms with Crippen LogP contribution >= 0.6 is 11.6 Å². The van der Waals surface area contributed by atoms with Crippen LogP contribution in [0.3, 0.4) is 0 Å². The molecule has 4 aromatic carbocycles. The number of guanidine groups is 1. The summed E-state index contributed by atoms with van der Waals surface area (Å²) in [5.41, 5.74) is 19.3. The van der Waals surface area contributed by atoms with Crippen molar-refractivity contribution in [2.45, 2.75) is 64.6 Å². The van der Waals surface area contributed by atoms with Gasteiger partial charge in [-0.2, -0.15) is 15.0 Å². The third-order valence-corrected chi connectivity index (χ3v) is 14.8. The third kappa shape index (κ3) is 14.1. The normalized spacial score (nSPS) is 16.0. The number of nitrogens with one attached hydrogen (secondary N) is 7. The van der Waals surface area contributed by atoms with Crippen molar-refractivity contribution in [3.63, 3.8) is 0 Å². The lowest BCUT2D eigenvalue weighted by molar-refractivity contribution is -0.128. The van der Waals surface area contributed by atoms with E-state index in [1.54, 1.807) is 49.4 Å². The second-order valence-corrected chi connectivity index (χ2v) is 20.8. The maximum atomic E-state index is 14.3. The molecule has 0 unspecified atom stereocenters. The maximum Gasteiger partial charge on any atom is 0.336 e. The molecule has 3 atom stereocenters. The van der Waals surface area contributed by atoms with Crippen LogP contribution in [-0.4, -0.2) is 111 Å². The molecule has 3 aliphatic heterocycles. The summed E-state index contributed by atoms with van der Waals surface area (Å²) < 4.78 is 5.94. The number of nitrogens with two attached hydrogens (primary N) is 3. The highest BCUT2D eigenvalue weighted by atomic mass is 35.5. The van der Waals surface area contributed by atoms with E-state index in [2.05, 4.69) is 57.2 Å². The number of aliphatic imine (C=N–C) groups is 1. The van der Waals surface area contributed by atoms with Gasteiger partial charge in [0.2, 0.25) is 46.7 Å². The van der Waals surface area contributed by atoms with Crippen molar-refractivity contribution in [2.24, 2.45) is 34.0 Å². The van der Waals surface area contributed by atoms with E-state index >= 15 is 0 Å². The Labute approximate surface area is 489 Å². The molecule has 4 heterocycles. The van der Waals surface area contributed by atoms with Gasteiger partial charge in [-0.3, -0.25) is 38.6 Å². The van der Waals surface area contributed by atoms with E-state index in [0.29, 0.717) is 77.8 Å². The molecule has 1 aliphatic carbocycles. The number of benzene rings is 5. The van der Waals surface area contributed by atoms with E-state index in [4.69, 9.17) is 33.2 Å². The summed E-state index contributed by atoms with van der Waals surface area (Å²) in [5.74, 6) is -5.60. The first-order valence-corrected chi connectivity index (χ1v) is 27.5. The average Bonchev–Trinajstić information content (AvgIpc) is 2.17. The summed E-state index contributed by atoms with van der Waals surface area (Å²) in [6, 6.07) is 20.0. The Hall–Kier alpha value is -10.4. The van der Waals surface area contributed by atoms with E-state index in [0.717, 1.165) is 0 Å². The molecular formula is C58H60ClN15O11. The van der Waals surface area contributed by atoms with E-state index in [9.17, 15) is 48.6 Å². The zero-order valence-electron chi connectivity index (χ0n) is 46.0. The summed E-state index contributed by atoms with van der Waals surface area (Å²) in [4.78, 5) is 126. The number of fused-ring (bicyclic) bond motifs is 4. The molecule has 27 heteroatoms. The minimum Gasteiger partial charge on any atom is -0.508 e. The standard InChI is InChI=1S/C58H60ClN15O11/c1-3-28(2)48-53(82)68-42(5-4-18-63-56(61)62)52(81)69-43-21-30(49(60)78)6-7-31(43)26-64-41-15-9-32(23-40(41)51(80)70-48)66-46(77)27-65-50(79)29-16-19-74(20-17-29)58-72-55(59)71-57(73-58)67-33-8-12-36(39(22-33)54(83)84)47-37-13-10-34(75)24-44(37)85-45-25-35(76)11-14-38(45)47/h6-15,21-25,28-29,42,48,64,75H,3-5,16-20,26-27H2,1-2H3,(H2,60,78)(H,65,79)(H,66,77)(H,68,82)(H,69,81)(H,70,80)(H,83,84)(H4,61,62,63)(H,67,71,72,73)/t28-,42-,48-/m0/s1. The lowest BCUT2D eigenvalue weighted by Crippen LogP contribution is -2.55. The number of carbonyl (C=O) groups excluding carboxylic acids is 6. The highest BCUT2D eigenvalue weighted by molar-refractivity contribution is 6.28. The Bertz CT molecular complexity index is 3840. The van der Waals surface area contributed by atoms with Crippen molar-refractivity contribution in [3.8, 4) is 28.2 Å². The Morgan fingerprint density at radius 3 is 2.35 bits per heavy atom. The molecule has 6 amide bonds. The fourth-order valence-corrected chi connectivity index (χ4v) is 10.2. The number of primary amides is 1. The van der Waals surface area contributed by atoms with Crippen LogP contribution in [0.5, 0.6) is 5.75 Å². The molecule has 1 fully saturated rings. The van der Waals surface area contributed by atoms with Crippen molar-refractivity contribution in [2.75, 3.05) is 52.3 Å². The van der Waals surface area contributed by atoms with E-state index in [-0.39, 0.29) is 99.1 Å². The van der Waals surface area contributed by atoms with Crippen molar-refractivity contribution >= 4 is 105 Å². The first kappa shape index (κ1) is 59.3. The van der Waals surface area contributed by atoms with Crippen LogP contribution in [0.4, 0.5) is 34.6 Å². The summed E-state index contributed by atoms with van der Waals surface area (Å²) >= 11 is 6.40. The molecule has 15 N–H and O–H groups in total. The number of carbonyl (C=O) groups is 7. The van der Waals surface area contributed by atoms with Gasteiger partial charge in [0.15, 0.2) is 11.4 Å². The van der Waals surface area contributed by atoms with Crippen LogP contribution in [-0.2, 0) is 25.7 Å². The largest absolute Gasteiger partial charge is 0.508 e. The minimum absolute atomic E-state index is 0.00984. The number of aromatic nitrogens is 3. The smallest absolute Gasteiger partial charge is 0.336 e. The zero-order chi connectivity index (χ0) is 60.6. The van der Waals surface area contributed by atoms with Crippen LogP contribution in [0.2, 0.25) is 5.28 Å². The number of hydrogen-bond donors (Lipinski definition) is 12. The Kier molecular flexibility index (Phi) is 18.0. The van der Waals surface area contributed by atoms with Gasteiger partial charge in [-0.25, -0.2) is 4.79 Å². The number of phenols is 1. The highest BCUT2D eigenvalue weighted by Gasteiger charge is 2.33. The van der Waals surface area contributed by atoms with Gasteiger partial charge in [-0.1, -0.05) is 32.4 Å². The van der Waals surface area contributed by atoms with Gasteiger partial charge in [0.05, 0.1) is 17.7 Å². The summed E-state index contributed by atoms with van der Waals surface area (Å²) in [5, 5.41) is 41.2. The number of halogens is 1. The Morgan fingerprint density at radius 1 is 0.847 bits per heavy atom. The van der Waals surface area contributed by atoms with Crippen LogP contribution < -0.4 is 64.7 Å². The van der Waals surface area contributed by atoms with E-state index in [1.165, 1.54) is 48.5 Å². The quantitative estimate of drug-likeness (QED) is 0.0266. The number of hydrogen-bond acceptors (Lipinski definition) is 17. The SMILES string of the molecule is CC[C@H](C)[C@@H]1NC(=O)c2cc(NC(=O)CNC(=O)C3CCN(c4nc(Cl)nc(Nc5ccc(-c6c7ccc(=O)cc-7oc7cc(O)ccc67)c(C(=O)O)c5)n4)CC3)ccc2NCc2ccc(C(N)=O)cc2NC(=O)[C@H](CCCN=C(N)N)NC1=O. The summed E-state index contributed by atoms with van der Waals surface area (Å²) in [7, 11) is 0. The van der Waals surface area contributed by atoms with Crippen molar-refractivity contribution in [1.29, 1.82) is 0 Å². The summed E-state index contributed by atoms with van der Waals surface area (Å²) in [6.45, 7) is 4.04. The highest BCUT2D eigenvalue weighted by Crippen LogP contribution is 2.43. The van der Waals surface area contributed by atoms with Gasteiger partial charge < -0.3 is 73.9 Å². The number of aromatic hydroxyl groups is 1. The first-order chi connectivity index (χ1) is 40.7. The molecule has 4 aliphatic rings. The summed E-state index contributed by atoms with van der Waals surface area (Å²) in [6.07, 6.45) is 1.57. The molecule has 440 valence electrons. The van der Waals surface area contributed by atoms with Gasteiger partial charge in [-0.15, -0.1) is 0 Å². The molecule has 0 bridgehead atoms. The van der Waals surface area contributed by atoms with Gasteiger partial charge >= 0.3 is 5.97 Å². The predicted molar refractivity (Wildman–Crippen MR) is 318 cm³/mol. The first-order valence-electron chi connectivity index (χ1n) is 27.1. The van der Waals surface area contributed by atoms with Crippen LogP contribution in [0.1, 0.15) is 82.6 Å². The zero-order valence-corrected chi connectivity index (χ0v) is 46.7. The molecule has 0 saturated carbocycles.